The van der Waals surface area contributed by atoms with Gasteiger partial charge in [0.05, 0.1) is 6.10 Å². The van der Waals surface area contributed by atoms with Crippen LogP contribution in [0.2, 0.25) is 0 Å². The van der Waals surface area contributed by atoms with Gasteiger partial charge in [0.15, 0.2) is 0 Å². The molecule has 0 radical (unpaired) electrons. The molecule has 1 fully saturated rings. The molecule has 0 spiro atoms. The average molecular weight is 157 g/mol. The molecule has 0 saturated heterocycles. The third-order valence-corrected chi connectivity index (χ3v) is 2.83. The van der Waals surface area contributed by atoms with Gasteiger partial charge < -0.3 is 10.8 Å². The molecule has 66 valence electrons. The van der Waals surface area contributed by atoms with Gasteiger partial charge in [0.2, 0.25) is 0 Å². The molecule has 2 nitrogen and oxygen atoms in total. The van der Waals surface area contributed by atoms with Crippen molar-refractivity contribution < 1.29 is 5.11 Å². The lowest BCUT2D eigenvalue weighted by molar-refractivity contribution is 0.0605. The van der Waals surface area contributed by atoms with Gasteiger partial charge in [-0.2, -0.15) is 0 Å². The van der Waals surface area contributed by atoms with Crippen LogP contribution in [0.4, 0.5) is 0 Å². The Morgan fingerprint density at radius 1 is 1.36 bits per heavy atom. The molecule has 3 atom stereocenters. The van der Waals surface area contributed by atoms with Gasteiger partial charge in [-0.1, -0.05) is 20.3 Å². The zero-order valence-electron chi connectivity index (χ0n) is 7.46. The maximum absolute atomic E-state index is 9.47. The highest BCUT2D eigenvalue weighted by atomic mass is 16.3. The van der Waals surface area contributed by atoms with Gasteiger partial charge in [-0.3, -0.25) is 0 Å². The van der Waals surface area contributed by atoms with E-state index in [2.05, 4.69) is 13.8 Å². The number of rotatable bonds is 1. The average Bonchev–Trinajstić information content (AvgIpc) is 1.94. The summed E-state index contributed by atoms with van der Waals surface area (Å²) in [5.41, 5.74) is 5.87. The minimum atomic E-state index is -0.254. The zero-order valence-corrected chi connectivity index (χ0v) is 7.46. The molecular formula is C9H19NO. The molecule has 0 aromatic heterocycles. The van der Waals surface area contributed by atoms with Gasteiger partial charge in [0.1, 0.15) is 0 Å². The van der Waals surface area contributed by atoms with Crippen LogP contribution in [-0.2, 0) is 0 Å². The molecule has 11 heavy (non-hydrogen) atoms. The molecule has 0 unspecified atom stereocenters. The maximum Gasteiger partial charge on any atom is 0.0693 e. The number of hydrogen-bond acceptors (Lipinski definition) is 2. The molecule has 1 rings (SSSR count). The summed E-state index contributed by atoms with van der Waals surface area (Å²) in [6.07, 6.45) is 2.97. The minimum Gasteiger partial charge on any atom is -0.392 e. The maximum atomic E-state index is 9.47. The van der Waals surface area contributed by atoms with Crippen molar-refractivity contribution in [3.05, 3.63) is 0 Å². The lowest BCUT2D eigenvalue weighted by atomic mass is 9.77. The highest BCUT2D eigenvalue weighted by Gasteiger charge is 2.30. The number of hydrogen-bond donors (Lipinski definition) is 2. The van der Waals surface area contributed by atoms with Crippen molar-refractivity contribution in [1.29, 1.82) is 0 Å². The lowest BCUT2D eigenvalue weighted by Crippen LogP contribution is -2.46. The summed E-state index contributed by atoms with van der Waals surface area (Å²) in [5, 5.41) is 9.47. The summed E-state index contributed by atoms with van der Waals surface area (Å²) in [6, 6.07) is 0.0174. The zero-order chi connectivity index (χ0) is 8.43. The monoisotopic (exact) mass is 157 g/mol. The Morgan fingerprint density at radius 3 is 2.45 bits per heavy atom. The second-order valence-corrected chi connectivity index (χ2v) is 3.98. The van der Waals surface area contributed by atoms with Crippen molar-refractivity contribution in [3.63, 3.8) is 0 Å². The van der Waals surface area contributed by atoms with Gasteiger partial charge in [0, 0.05) is 6.04 Å². The summed E-state index contributed by atoms with van der Waals surface area (Å²) in [5.74, 6) is 1.14. The van der Waals surface area contributed by atoms with E-state index >= 15 is 0 Å². The van der Waals surface area contributed by atoms with E-state index in [0.29, 0.717) is 11.8 Å². The first kappa shape index (κ1) is 9.01. The minimum absolute atomic E-state index is 0.0174. The molecule has 1 aliphatic rings. The van der Waals surface area contributed by atoms with Crippen LogP contribution < -0.4 is 5.73 Å². The molecule has 0 aliphatic heterocycles. The molecule has 2 heteroatoms. The Morgan fingerprint density at radius 2 is 2.00 bits per heavy atom. The first-order valence-corrected chi connectivity index (χ1v) is 4.56. The second-order valence-electron chi connectivity index (χ2n) is 3.98. The fourth-order valence-corrected chi connectivity index (χ4v) is 2.01. The van der Waals surface area contributed by atoms with Crippen molar-refractivity contribution in [2.45, 2.75) is 45.3 Å². The molecule has 1 saturated carbocycles. The van der Waals surface area contributed by atoms with Crippen LogP contribution in [0.25, 0.3) is 0 Å². The van der Waals surface area contributed by atoms with E-state index in [4.69, 9.17) is 5.73 Å². The van der Waals surface area contributed by atoms with E-state index < -0.39 is 0 Å². The summed E-state index contributed by atoms with van der Waals surface area (Å²) in [4.78, 5) is 0. The predicted molar refractivity (Wildman–Crippen MR) is 46.2 cm³/mol. The quantitative estimate of drug-likeness (QED) is 0.599. The van der Waals surface area contributed by atoms with Crippen molar-refractivity contribution in [2.24, 2.45) is 17.6 Å². The fraction of sp³-hybridized carbons (Fsp3) is 1.00. The van der Waals surface area contributed by atoms with E-state index in [1.54, 1.807) is 0 Å². The van der Waals surface area contributed by atoms with Crippen LogP contribution in [-0.4, -0.2) is 17.3 Å². The summed E-state index contributed by atoms with van der Waals surface area (Å²) >= 11 is 0. The normalized spacial score (nSPS) is 39.5. The standard InChI is InChI=1S/C9H19NO/c1-6(2)7-4-3-5-8(11)9(7)10/h6-9,11H,3-5,10H2,1-2H3/t7-,8-,9+/m0/s1. The van der Waals surface area contributed by atoms with Gasteiger partial charge in [-0.05, 0) is 24.7 Å². The van der Waals surface area contributed by atoms with Gasteiger partial charge >= 0.3 is 0 Å². The van der Waals surface area contributed by atoms with Crippen LogP contribution in [0.5, 0.6) is 0 Å². The summed E-state index contributed by atoms with van der Waals surface area (Å²) < 4.78 is 0. The molecule has 0 aromatic rings. The third kappa shape index (κ3) is 1.94. The highest BCUT2D eigenvalue weighted by molar-refractivity contribution is 4.86. The van der Waals surface area contributed by atoms with Crippen LogP contribution in [0.3, 0.4) is 0 Å². The topological polar surface area (TPSA) is 46.2 Å². The Balaban J connectivity index is 2.51. The van der Waals surface area contributed by atoms with Crippen molar-refractivity contribution in [1.82, 2.24) is 0 Å². The van der Waals surface area contributed by atoms with Crippen LogP contribution in [0.15, 0.2) is 0 Å². The SMILES string of the molecule is CC(C)[C@@H]1CCC[C@H](O)[C@@H]1N. The summed E-state index contributed by atoms with van der Waals surface area (Å²) in [7, 11) is 0. The number of aliphatic hydroxyl groups is 1. The van der Waals surface area contributed by atoms with Crippen LogP contribution >= 0.6 is 0 Å². The van der Waals surface area contributed by atoms with Crippen molar-refractivity contribution in [3.8, 4) is 0 Å². The predicted octanol–water partition coefficient (Wildman–Crippen LogP) is 1.13. The molecular weight excluding hydrogens is 138 g/mol. The Hall–Kier alpha value is -0.0800. The highest BCUT2D eigenvalue weighted by Crippen LogP contribution is 2.28. The van der Waals surface area contributed by atoms with Crippen LogP contribution in [0.1, 0.15) is 33.1 Å². The van der Waals surface area contributed by atoms with Gasteiger partial charge in [-0.25, -0.2) is 0 Å². The third-order valence-electron chi connectivity index (χ3n) is 2.83. The van der Waals surface area contributed by atoms with Crippen molar-refractivity contribution in [2.75, 3.05) is 0 Å². The van der Waals surface area contributed by atoms with E-state index in [1.165, 1.54) is 6.42 Å². The van der Waals surface area contributed by atoms with E-state index in [0.717, 1.165) is 12.8 Å². The Kier molecular flexibility index (Phi) is 2.90. The fourth-order valence-electron chi connectivity index (χ4n) is 2.01. The Bertz CT molecular complexity index is 125. The Labute approximate surface area is 68.8 Å². The molecule has 0 heterocycles. The van der Waals surface area contributed by atoms with E-state index in [1.807, 2.05) is 0 Å². The molecule has 3 N–H and O–H groups in total. The van der Waals surface area contributed by atoms with Gasteiger partial charge in [-0.15, -0.1) is 0 Å². The van der Waals surface area contributed by atoms with Gasteiger partial charge in [0.25, 0.3) is 0 Å². The van der Waals surface area contributed by atoms with Crippen molar-refractivity contribution >= 4 is 0 Å². The largest absolute Gasteiger partial charge is 0.392 e. The van der Waals surface area contributed by atoms with E-state index in [9.17, 15) is 5.11 Å². The lowest BCUT2D eigenvalue weighted by Gasteiger charge is -2.35. The second kappa shape index (κ2) is 3.55. The smallest absolute Gasteiger partial charge is 0.0693 e. The number of nitrogens with two attached hydrogens (primary N) is 1. The molecule has 0 bridgehead atoms. The molecule has 1 aliphatic carbocycles. The molecule has 0 amide bonds. The first-order chi connectivity index (χ1) is 5.13. The van der Waals surface area contributed by atoms with E-state index in [-0.39, 0.29) is 12.1 Å². The summed E-state index contributed by atoms with van der Waals surface area (Å²) in [6.45, 7) is 4.37. The first-order valence-electron chi connectivity index (χ1n) is 4.56. The molecule has 0 aromatic carbocycles. The van der Waals surface area contributed by atoms with Crippen LogP contribution in [0, 0.1) is 11.8 Å². The number of aliphatic hydroxyl groups excluding tert-OH is 1.